The third-order valence-corrected chi connectivity index (χ3v) is 15.3. The van der Waals surface area contributed by atoms with Gasteiger partial charge in [-0.3, -0.25) is 4.18 Å². The molecule has 3 saturated carbocycles. The number of carbonyl (C=O) groups excluding carboxylic acids is 3. The average molecular weight is 979 g/mol. The molecule has 0 aromatic rings. The van der Waals surface area contributed by atoms with E-state index in [1.165, 1.54) is 96.3 Å². The Labute approximate surface area is 412 Å². The number of ether oxygens (including phenoxy) is 3. The van der Waals surface area contributed by atoms with Crippen LogP contribution < -0.4 is 0 Å². The van der Waals surface area contributed by atoms with Gasteiger partial charge in [0.1, 0.15) is 16.8 Å². The summed E-state index contributed by atoms with van der Waals surface area (Å²) in [5.41, 5.74) is -1.45. The van der Waals surface area contributed by atoms with Gasteiger partial charge in [-0.25, -0.2) is 14.4 Å². The normalized spacial score (nSPS) is 27.4. The van der Waals surface area contributed by atoms with Gasteiger partial charge in [-0.2, -0.15) is 13.7 Å². The highest BCUT2D eigenvalue weighted by Gasteiger charge is 2.39. The topological polar surface area (TPSA) is 176 Å². The molecule has 3 aliphatic heterocycles. The molecule has 14 nitrogen and oxygen atoms in total. The molecule has 6 aliphatic rings. The molecule has 1 N–H and O–H groups in total. The lowest BCUT2D eigenvalue weighted by Crippen LogP contribution is -2.48. The maximum Gasteiger partial charge on any atom is 0.410 e. The second-order valence-corrected chi connectivity index (χ2v) is 26.1. The summed E-state index contributed by atoms with van der Waals surface area (Å²) in [5.74, 6) is 4.07. The molecule has 0 radical (unpaired) electrons. The Morgan fingerprint density at radius 2 is 0.824 bits per heavy atom. The standard InChI is InChI=1S/C18H30N2O2.C18H33NO5S.C17H31NO3/c1-18(2,3)22-17(21)20-12-14(9-10-19)11-16(13-20)15-7-5-4-6-8-15;1-18(2,3)24-17(20)19-11-14(13-23-25(4,21)22)10-16(12-19)15-8-6-5-7-9-15;1-17(2,3)21-16(20)18-10-13(12-19)9-15(11-18)14-7-5-4-6-8-14/h14-16H,4-9,11-13H2,1-3H3;14-16H,5-13H2,1-4H3;13-15,19H,4-12H2,1-3H3/t2*14-,16?;13-,15?/m111/s1. The van der Waals surface area contributed by atoms with Gasteiger partial charge in [-0.15, -0.1) is 0 Å². The monoisotopic (exact) mass is 979 g/mol. The quantitative estimate of drug-likeness (QED) is 0.181. The summed E-state index contributed by atoms with van der Waals surface area (Å²) in [4.78, 5) is 42.7. The van der Waals surface area contributed by atoms with Crippen molar-refractivity contribution in [2.24, 2.45) is 53.3 Å². The minimum atomic E-state index is -3.47. The van der Waals surface area contributed by atoms with Gasteiger partial charge < -0.3 is 34.0 Å². The predicted octanol–water partition coefficient (Wildman–Crippen LogP) is 11.2. The number of hydrogen-bond acceptors (Lipinski definition) is 11. The summed E-state index contributed by atoms with van der Waals surface area (Å²) >= 11 is 0. The van der Waals surface area contributed by atoms with Crippen LogP contribution in [0, 0.1) is 64.6 Å². The zero-order valence-corrected chi connectivity index (χ0v) is 44.9. The first-order valence-electron chi connectivity index (χ1n) is 26.6. The second-order valence-electron chi connectivity index (χ2n) is 24.5. The van der Waals surface area contributed by atoms with Gasteiger partial charge in [0, 0.05) is 64.1 Å². The molecule has 0 aromatic heterocycles. The van der Waals surface area contributed by atoms with E-state index in [0.717, 1.165) is 50.4 Å². The fraction of sp³-hybridized carbons (Fsp3) is 0.925. The van der Waals surface area contributed by atoms with Gasteiger partial charge in [0.25, 0.3) is 10.1 Å². The Morgan fingerprint density at radius 1 is 0.515 bits per heavy atom. The molecule has 0 aromatic carbocycles. The smallest absolute Gasteiger partial charge is 0.410 e. The van der Waals surface area contributed by atoms with Gasteiger partial charge >= 0.3 is 18.3 Å². The SMILES string of the molecule is CC(C)(C)OC(=O)N1CC(C2CCCCC2)C[C@@H](CC#N)C1.CC(C)(C)OC(=O)N1CC(C2CCCCC2)C[C@@H](CO)C1.CC(C)(C)OC(=O)N1CC(C2CCCCC2)C[C@@H](COS(C)(=O)=O)C1. The summed E-state index contributed by atoms with van der Waals surface area (Å²) in [7, 11) is -3.47. The Bertz CT molecular complexity index is 1700. The highest BCUT2D eigenvalue weighted by atomic mass is 32.2. The Balaban J connectivity index is 0.000000223. The minimum Gasteiger partial charge on any atom is -0.444 e. The van der Waals surface area contributed by atoms with Gasteiger partial charge in [-0.1, -0.05) is 96.3 Å². The van der Waals surface area contributed by atoms with Crippen LogP contribution in [0.15, 0.2) is 0 Å². The van der Waals surface area contributed by atoms with Crippen molar-refractivity contribution in [2.45, 2.75) is 201 Å². The third-order valence-electron chi connectivity index (χ3n) is 14.8. The number of rotatable bonds is 8. The Morgan fingerprint density at radius 3 is 1.13 bits per heavy atom. The number of hydrogen-bond donors (Lipinski definition) is 1. The molecule has 0 bridgehead atoms. The van der Waals surface area contributed by atoms with E-state index in [0.29, 0.717) is 62.2 Å². The molecule has 3 saturated heterocycles. The molecule has 0 spiro atoms. The zero-order chi connectivity index (χ0) is 50.3. The molecule has 3 aliphatic carbocycles. The molecular formula is C53H94N4O10S. The fourth-order valence-electron chi connectivity index (χ4n) is 11.8. The van der Waals surface area contributed by atoms with Gasteiger partial charge in [0.15, 0.2) is 0 Å². The maximum atomic E-state index is 12.5. The minimum absolute atomic E-state index is 0.0305. The van der Waals surface area contributed by atoms with E-state index in [-0.39, 0.29) is 43.3 Å². The largest absolute Gasteiger partial charge is 0.444 e. The van der Waals surface area contributed by atoms with Crippen LogP contribution in [0.4, 0.5) is 14.4 Å². The first kappa shape index (κ1) is 57.7. The van der Waals surface area contributed by atoms with Crippen LogP contribution in [0.5, 0.6) is 0 Å². The van der Waals surface area contributed by atoms with E-state index in [1.54, 1.807) is 4.90 Å². The number of aliphatic hydroxyl groups is 1. The van der Waals surface area contributed by atoms with E-state index in [2.05, 4.69) is 6.07 Å². The molecule has 3 heterocycles. The molecule has 68 heavy (non-hydrogen) atoms. The van der Waals surface area contributed by atoms with Crippen LogP contribution in [0.1, 0.15) is 184 Å². The van der Waals surface area contributed by atoms with Gasteiger partial charge in [0.05, 0.1) is 18.9 Å². The van der Waals surface area contributed by atoms with Crippen molar-refractivity contribution in [3.8, 4) is 6.07 Å². The van der Waals surface area contributed by atoms with E-state index < -0.39 is 26.9 Å². The van der Waals surface area contributed by atoms with Crippen LogP contribution >= 0.6 is 0 Å². The summed E-state index contributed by atoms with van der Waals surface area (Å²) in [5, 5.41) is 18.6. The van der Waals surface area contributed by atoms with Crippen molar-refractivity contribution >= 4 is 28.4 Å². The zero-order valence-electron chi connectivity index (χ0n) is 44.1. The van der Waals surface area contributed by atoms with Crippen LogP contribution in [0.3, 0.4) is 0 Å². The van der Waals surface area contributed by atoms with Crippen molar-refractivity contribution in [3.63, 3.8) is 0 Å². The lowest BCUT2D eigenvalue weighted by atomic mass is 9.74. The average Bonchev–Trinajstić information content (AvgIpc) is 3.27. The van der Waals surface area contributed by atoms with Crippen LogP contribution in [-0.4, -0.2) is 122 Å². The summed E-state index contributed by atoms with van der Waals surface area (Å²) in [6.45, 7) is 21.4. The van der Waals surface area contributed by atoms with Crippen LogP contribution in [0.25, 0.3) is 0 Å². The van der Waals surface area contributed by atoms with Gasteiger partial charge in [0.2, 0.25) is 0 Å². The molecule has 6 rings (SSSR count). The number of amides is 3. The predicted molar refractivity (Wildman–Crippen MR) is 266 cm³/mol. The fourth-order valence-corrected chi connectivity index (χ4v) is 12.2. The first-order valence-corrected chi connectivity index (χ1v) is 28.4. The first-order chi connectivity index (χ1) is 31.8. The molecule has 392 valence electrons. The van der Waals surface area contributed by atoms with Crippen molar-refractivity contribution in [3.05, 3.63) is 0 Å². The molecule has 3 unspecified atom stereocenters. The Hall–Kier alpha value is -2.83. The van der Waals surface area contributed by atoms with Crippen LogP contribution in [-0.2, 0) is 28.5 Å². The van der Waals surface area contributed by atoms with E-state index in [9.17, 15) is 27.9 Å². The van der Waals surface area contributed by atoms with E-state index in [1.807, 2.05) is 72.1 Å². The van der Waals surface area contributed by atoms with Crippen molar-refractivity contribution in [1.29, 1.82) is 5.26 Å². The third kappa shape index (κ3) is 21.3. The number of nitrogens with zero attached hydrogens (tertiary/aromatic N) is 4. The molecule has 6 atom stereocenters. The van der Waals surface area contributed by atoms with Crippen molar-refractivity contribution in [1.82, 2.24) is 14.7 Å². The summed E-state index contributed by atoms with van der Waals surface area (Å²) < 4.78 is 44.3. The van der Waals surface area contributed by atoms with Crippen LogP contribution in [0.2, 0.25) is 0 Å². The number of likely N-dealkylation sites (tertiary alicyclic amines) is 3. The Kier molecular flexibility index (Phi) is 22.6. The molecule has 15 heteroatoms. The number of nitriles is 1. The van der Waals surface area contributed by atoms with Gasteiger partial charge in [-0.05, 0) is 123 Å². The summed E-state index contributed by atoms with van der Waals surface area (Å²) in [6.07, 6.45) is 23.2. The lowest BCUT2D eigenvalue weighted by molar-refractivity contribution is -0.00368. The number of piperidine rings is 3. The molecule has 6 fully saturated rings. The number of aliphatic hydroxyl groups excluding tert-OH is 1. The number of carbonyl (C=O) groups is 3. The second kappa shape index (κ2) is 26.6. The molecule has 3 amide bonds. The summed E-state index contributed by atoms with van der Waals surface area (Å²) in [6, 6.07) is 2.29. The highest BCUT2D eigenvalue weighted by molar-refractivity contribution is 7.85. The highest BCUT2D eigenvalue weighted by Crippen LogP contribution is 2.40. The maximum absolute atomic E-state index is 12.5. The van der Waals surface area contributed by atoms with E-state index in [4.69, 9.17) is 23.7 Å². The van der Waals surface area contributed by atoms with Crippen molar-refractivity contribution < 1.29 is 46.3 Å². The molecular weight excluding hydrogens is 885 g/mol. The van der Waals surface area contributed by atoms with E-state index >= 15 is 0 Å². The lowest BCUT2D eigenvalue weighted by Gasteiger charge is -2.42. The van der Waals surface area contributed by atoms with Crippen molar-refractivity contribution in [2.75, 3.05) is 58.7 Å².